The molecule has 3 rings (SSSR count). The van der Waals surface area contributed by atoms with E-state index in [1.165, 1.54) is 0 Å². The molecule has 0 saturated carbocycles. The molecule has 0 aliphatic heterocycles. The molecule has 3 heterocycles. The highest BCUT2D eigenvalue weighted by Crippen LogP contribution is 2.18. The molecule has 3 aromatic rings. The third-order valence-electron chi connectivity index (χ3n) is 2.49. The molecule has 0 aromatic carbocycles. The minimum Gasteiger partial charge on any atom is -0.325 e. The van der Waals surface area contributed by atoms with Crippen molar-refractivity contribution in [1.82, 2.24) is 14.4 Å². The summed E-state index contributed by atoms with van der Waals surface area (Å²) in [6, 6.07) is 7.82. The molecule has 4 nitrogen and oxygen atoms in total. The van der Waals surface area contributed by atoms with Crippen LogP contribution in [-0.2, 0) is 6.54 Å². The summed E-state index contributed by atoms with van der Waals surface area (Å²) < 4.78 is 2.02. The Bertz CT molecular complexity index is 627. The molecule has 2 N–H and O–H groups in total. The van der Waals surface area contributed by atoms with Gasteiger partial charge in [-0.05, 0) is 18.2 Å². The van der Waals surface area contributed by atoms with Crippen molar-refractivity contribution in [1.29, 1.82) is 0 Å². The van der Waals surface area contributed by atoms with Gasteiger partial charge in [-0.2, -0.15) is 0 Å². The zero-order chi connectivity index (χ0) is 10.3. The minimum atomic E-state index is 0.431. The Morgan fingerprint density at radius 3 is 3.07 bits per heavy atom. The molecule has 3 aromatic heterocycles. The lowest BCUT2D eigenvalue weighted by Gasteiger charge is -1.99. The lowest BCUT2D eigenvalue weighted by Crippen LogP contribution is -2.01. The van der Waals surface area contributed by atoms with Crippen LogP contribution in [0.15, 0.2) is 36.7 Å². The van der Waals surface area contributed by atoms with Gasteiger partial charge in [0.05, 0.1) is 16.7 Å². The maximum Gasteiger partial charge on any atom is 0.137 e. The molecule has 4 heteroatoms. The number of pyridine rings is 2. The molecule has 0 radical (unpaired) electrons. The average Bonchev–Trinajstić information content (AvgIpc) is 2.67. The van der Waals surface area contributed by atoms with E-state index in [9.17, 15) is 0 Å². The first-order chi connectivity index (χ1) is 7.40. The van der Waals surface area contributed by atoms with Crippen LogP contribution in [0, 0.1) is 0 Å². The average molecular weight is 198 g/mol. The van der Waals surface area contributed by atoms with Crippen LogP contribution < -0.4 is 5.73 Å². The van der Waals surface area contributed by atoms with Crippen LogP contribution in [0.4, 0.5) is 0 Å². The Morgan fingerprint density at radius 2 is 2.20 bits per heavy atom. The van der Waals surface area contributed by atoms with Gasteiger partial charge in [-0.3, -0.25) is 9.38 Å². The molecule has 74 valence electrons. The van der Waals surface area contributed by atoms with Crippen LogP contribution in [0.2, 0.25) is 0 Å². The maximum atomic E-state index is 5.66. The van der Waals surface area contributed by atoms with E-state index >= 15 is 0 Å². The summed E-state index contributed by atoms with van der Waals surface area (Å²) in [5.74, 6) is 0. The van der Waals surface area contributed by atoms with E-state index in [2.05, 4.69) is 9.97 Å². The van der Waals surface area contributed by atoms with Crippen LogP contribution >= 0.6 is 0 Å². The molecular formula is C11H10N4. The van der Waals surface area contributed by atoms with Gasteiger partial charge < -0.3 is 5.73 Å². The van der Waals surface area contributed by atoms with Crippen molar-refractivity contribution in [2.24, 2.45) is 5.73 Å². The predicted molar refractivity (Wildman–Crippen MR) is 58.4 cm³/mol. The standard InChI is InChI=1S/C11H10N4/c12-7-9-11-8(4-5-13-9)14-10-3-1-2-6-15(10)11/h1-6H,7,12H2. The Balaban J connectivity index is 2.56. The van der Waals surface area contributed by atoms with E-state index < -0.39 is 0 Å². The molecule has 0 saturated heterocycles. The second-order valence-corrected chi connectivity index (χ2v) is 3.37. The van der Waals surface area contributed by atoms with Crippen molar-refractivity contribution in [3.63, 3.8) is 0 Å². The summed E-state index contributed by atoms with van der Waals surface area (Å²) in [6.07, 6.45) is 3.72. The number of fused-ring (bicyclic) bond motifs is 3. The Kier molecular flexibility index (Phi) is 1.69. The van der Waals surface area contributed by atoms with Crippen LogP contribution in [-0.4, -0.2) is 14.4 Å². The molecule has 0 unspecified atom stereocenters. The fourth-order valence-corrected chi connectivity index (χ4v) is 1.83. The van der Waals surface area contributed by atoms with Crippen molar-refractivity contribution in [2.45, 2.75) is 6.54 Å². The summed E-state index contributed by atoms with van der Waals surface area (Å²) >= 11 is 0. The summed E-state index contributed by atoms with van der Waals surface area (Å²) in [6.45, 7) is 0.431. The number of aromatic nitrogens is 3. The summed E-state index contributed by atoms with van der Waals surface area (Å²) in [7, 11) is 0. The second-order valence-electron chi connectivity index (χ2n) is 3.37. The molecule has 0 atom stereocenters. The molecule has 0 spiro atoms. The summed E-state index contributed by atoms with van der Waals surface area (Å²) in [4.78, 5) is 8.75. The van der Waals surface area contributed by atoms with Crippen LogP contribution in [0.1, 0.15) is 5.69 Å². The lowest BCUT2D eigenvalue weighted by atomic mass is 10.3. The van der Waals surface area contributed by atoms with Gasteiger partial charge >= 0.3 is 0 Å². The molecule has 15 heavy (non-hydrogen) atoms. The highest BCUT2D eigenvalue weighted by molar-refractivity contribution is 5.82. The zero-order valence-corrected chi connectivity index (χ0v) is 8.09. The lowest BCUT2D eigenvalue weighted by molar-refractivity contribution is 0.995. The fraction of sp³-hybridized carbons (Fsp3) is 0.0909. The van der Waals surface area contributed by atoms with E-state index in [-0.39, 0.29) is 0 Å². The molecule has 0 fully saturated rings. The SMILES string of the molecule is NCc1nccc2nc3ccccn3c12. The van der Waals surface area contributed by atoms with Gasteiger partial charge in [0.25, 0.3) is 0 Å². The number of nitrogens with two attached hydrogens (primary N) is 1. The number of rotatable bonds is 1. The number of hydrogen-bond acceptors (Lipinski definition) is 3. The normalized spacial score (nSPS) is 11.3. The Hall–Kier alpha value is -1.94. The monoisotopic (exact) mass is 198 g/mol. The van der Waals surface area contributed by atoms with Crippen LogP contribution in [0.25, 0.3) is 16.7 Å². The minimum absolute atomic E-state index is 0.431. The van der Waals surface area contributed by atoms with E-state index in [4.69, 9.17) is 5.73 Å². The van der Waals surface area contributed by atoms with Gasteiger partial charge in [0.2, 0.25) is 0 Å². The fourth-order valence-electron chi connectivity index (χ4n) is 1.83. The van der Waals surface area contributed by atoms with Gasteiger partial charge in [-0.1, -0.05) is 6.07 Å². The zero-order valence-electron chi connectivity index (χ0n) is 8.09. The van der Waals surface area contributed by atoms with E-state index in [0.29, 0.717) is 6.54 Å². The van der Waals surface area contributed by atoms with E-state index in [1.807, 2.05) is 34.9 Å². The quantitative estimate of drug-likeness (QED) is 0.642. The topological polar surface area (TPSA) is 56.2 Å². The predicted octanol–water partition coefficient (Wildman–Crippen LogP) is 1.34. The highest BCUT2D eigenvalue weighted by Gasteiger charge is 2.07. The first-order valence-electron chi connectivity index (χ1n) is 4.81. The molecule has 0 bridgehead atoms. The van der Waals surface area contributed by atoms with Crippen LogP contribution in [0.5, 0.6) is 0 Å². The molecule has 0 aliphatic carbocycles. The summed E-state index contributed by atoms with van der Waals surface area (Å²) in [5, 5.41) is 0. The van der Waals surface area contributed by atoms with Gasteiger partial charge in [0.15, 0.2) is 0 Å². The smallest absolute Gasteiger partial charge is 0.137 e. The highest BCUT2D eigenvalue weighted by atomic mass is 15.0. The van der Waals surface area contributed by atoms with E-state index in [0.717, 1.165) is 22.4 Å². The first kappa shape index (κ1) is 8.38. The van der Waals surface area contributed by atoms with Gasteiger partial charge in [0, 0.05) is 18.9 Å². The molecule has 0 aliphatic rings. The van der Waals surface area contributed by atoms with Gasteiger partial charge in [-0.25, -0.2) is 4.98 Å². The number of hydrogen-bond donors (Lipinski definition) is 1. The van der Waals surface area contributed by atoms with Crippen molar-refractivity contribution in [2.75, 3.05) is 0 Å². The van der Waals surface area contributed by atoms with Gasteiger partial charge in [-0.15, -0.1) is 0 Å². The summed E-state index contributed by atoms with van der Waals surface area (Å²) in [5.41, 5.74) is 9.42. The maximum absolute atomic E-state index is 5.66. The third kappa shape index (κ3) is 1.12. The second kappa shape index (κ2) is 3.03. The van der Waals surface area contributed by atoms with E-state index in [1.54, 1.807) is 6.20 Å². The van der Waals surface area contributed by atoms with Crippen molar-refractivity contribution in [3.05, 3.63) is 42.4 Å². The largest absolute Gasteiger partial charge is 0.325 e. The Morgan fingerprint density at radius 1 is 1.27 bits per heavy atom. The van der Waals surface area contributed by atoms with Crippen molar-refractivity contribution >= 4 is 16.7 Å². The van der Waals surface area contributed by atoms with Crippen LogP contribution in [0.3, 0.4) is 0 Å². The number of imidazole rings is 1. The van der Waals surface area contributed by atoms with Crippen molar-refractivity contribution in [3.8, 4) is 0 Å². The first-order valence-corrected chi connectivity index (χ1v) is 4.81. The van der Waals surface area contributed by atoms with Gasteiger partial charge in [0.1, 0.15) is 5.65 Å². The Labute approximate surface area is 86.4 Å². The molecular weight excluding hydrogens is 188 g/mol. The third-order valence-corrected chi connectivity index (χ3v) is 2.49. The molecule has 0 amide bonds. The number of nitrogens with zero attached hydrogens (tertiary/aromatic N) is 3. The van der Waals surface area contributed by atoms with Crippen molar-refractivity contribution < 1.29 is 0 Å².